The van der Waals surface area contributed by atoms with Crippen molar-refractivity contribution in [2.24, 2.45) is 0 Å². The first-order valence-electron chi connectivity index (χ1n) is 8.93. The smallest absolute Gasteiger partial charge is 0.325 e. The molecule has 0 radical (unpaired) electrons. The molecule has 0 aromatic heterocycles. The van der Waals surface area contributed by atoms with Gasteiger partial charge in [-0.3, -0.25) is 14.5 Å². The van der Waals surface area contributed by atoms with E-state index in [-0.39, 0.29) is 30.8 Å². The molecule has 4 amide bonds. The molecule has 1 heterocycles. The average Bonchev–Trinajstić information content (AvgIpc) is 2.77. The summed E-state index contributed by atoms with van der Waals surface area (Å²) in [5.41, 5.74) is 2.62. The zero-order valence-corrected chi connectivity index (χ0v) is 14.9. The van der Waals surface area contributed by atoms with Crippen LogP contribution in [0.4, 0.5) is 10.5 Å². The van der Waals surface area contributed by atoms with Crippen molar-refractivity contribution < 1.29 is 14.4 Å². The number of hydrogen-bond donors (Lipinski definition) is 2. The summed E-state index contributed by atoms with van der Waals surface area (Å²) >= 11 is 0. The normalized spacial score (nSPS) is 18.7. The number of carbonyl (C=O) groups excluding carboxylic acids is 3. The van der Waals surface area contributed by atoms with Gasteiger partial charge >= 0.3 is 6.03 Å². The number of imide groups is 1. The van der Waals surface area contributed by atoms with Crippen LogP contribution in [0.25, 0.3) is 0 Å². The fourth-order valence-corrected chi connectivity index (χ4v) is 3.53. The van der Waals surface area contributed by atoms with Gasteiger partial charge in [0.25, 0.3) is 5.91 Å². The van der Waals surface area contributed by atoms with Crippen molar-refractivity contribution in [1.29, 1.82) is 0 Å². The fraction of sp³-hybridized carbons (Fsp3) is 0.526. The van der Waals surface area contributed by atoms with E-state index in [1.807, 2.05) is 12.1 Å². The minimum atomic E-state index is -0.859. The van der Waals surface area contributed by atoms with E-state index in [4.69, 9.17) is 0 Å². The van der Waals surface area contributed by atoms with Crippen molar-refractivity contribution in [3.05, 3.63) is 29.3 Å². The van der Waals surface area contributed by atoms with Crippen LogP contribution in [0.2, 0.25) is 0 Å². The van der Waals surface area contributed by atoms with E-state index in [9.17, 15) is 14.4 Å². The van der Waals surface area contributed by atoms with Crippen molar-refractivity contribution in [3.8, 4) is 0 Å². The molecule has 3 rings (SSSR count). The predicted molar refractivity (Wildman–Crippen MR) is 95.3 cm³/mol. The molecule has 1 saturated heterocycles. The van der Waals surface area contributed by atoms with Crippen LogP contribution >= 0.6 is 0 Å². The lowest BCUT2D eigenvalue weighted by Crippen LogP contribution is -2.40. The van der Waals surface area contributed by atoms with Gasteiger partial charge in [-0.15, -0.1) is 0 Å². The summed E-state index contributed by atoms with van der Waals surface area (Å²) < 4.78 is 0. The molecule has 2 aliphatic rings. The van der Waals surface area contributed by atoms with Gasteiger partial charge in [0.2, 0.25) is 5.91 Å². The number of nitrogens with one attached hydrogen (secondary N) is 2. The lowest BCUT2D eigenvalue weighted by atomic mass is 9.90. The van der Waals surface area contributed by atoms with Gasteiger partial charge in [0, 0.05) is 18.7 Å². The zero-order valence-electron chi connectivity index (χ0n) is 14.9. The molecule has 1 aromatic carbocycles. The number of rotatable bonds is 5. The Morgan fingerprint density at radius 1 is 1.24 bits per heavy atom. The second-order valence-electron chi connectivity index (χ2n) is 7.31. The van der Waals surface area contributed by atoms with Crippen LogP contribution < -0.4 is 10.6 Å². The number of urea groups is 1. The SMILES string of the molecule is CC1(C)NC(=O)N(CCCC(=O)Nc2cccc3c2CCCC3)C1=O. The average molecular weight is 343 g/mol. The van der Waals surface area contributed by atoms with Gasteiger partial charge in [-0.25, -0.2) is 4.79 Å². The van der Waals surface area contributed by atoms with Crippen molar-refractivity contribution in [3.63, 3.8) is 0 Å². The van der Waals surface area contributed by atoms with Gasteiger partial charge in [0.15, 0.2) is 0 Å². The third kappa shape index (κ3) is 3.67. The summed E-state index contributed by atoms with van der Waals surface area (Å²) in [6.07, 6.45) is 5.16. The summed E-state index contributed by atoms with van der Waals surface area (Å²) in [7, 11) is 0. The van der Waals surface area contributed by atoms with Gasteiger partial charge in [0.1, 0.15) is 5.54 Å². The summed E-state index contributed by atoms with van der Waals surface area (Å²) in [6.45, 7) is 3.62. The topological polar surface area (TPSA) is 78.5 Å². The molecule has 2 N–H and O–H groups in total. The highest BCUT2D eigenvalue weighted by molar-refractivity contribution is 6.06. The molecule has 0 saturated carbocycles. The lowest BCUT2D eigenvalue weighted by Gasteiger charge is -2.20. The number of benzene rings is 1. The number of amides is 4. The Bertz CT molecular complexity index is 712. The van der Waals surface area contributed by atoms with Crippen LogP contribution in [-0.2, 0) is 22.4 Å². The summed E-state index contributed by atoms with van der Waals surface area (Å²) in [4.78, 5) is 37.4. The van der Waals surface area contributed by atoms with E-state index in [0.29, 0.717) is 6.42 Å². The zero-order chi connectivity index (χ0) is 18.0. The van der Waals surface area contributed by atoms with Gasteiger partial charge in [-0.1, -0.05) is 12.1 Å². The third-order valence-corrected chi connectivity index (χ3v) is 4.90. The molecule has 1 aromatic rings. The van der Waals surface area contributed by atoms with Crippen LogP contribution in [0.5, 0.6) is 0 Å². The molecule has 1 aliphatic carbocycles. The fourth-order valence-electron chi connectivity index (χ4n) is 3.53. The highest BCUT2D eigenvalue weighted by atomic mass is 16.2. The van der Waals surface area contributed by atoms with E-state index >= 15 is 0 Å². The second kappa shape index (κ2) is 6.86. The van der Waals surface area contributed by atoms with E-state index < -0.39 is 5.54 Å². The summed E-state index contributed by atoms with van der Waals surface area (Å²) in [5, 5.41) is 5.63. The number of fused-ring (bicyclic) bond motifs is 1. The van der Waals surface area contributed by atoms with E-state index in [1.165, 1.54) is 22.4 Å². The van der Waals surface area contributed by atoms with Crippen LogP contribution in [0, 0.1) is 0 Å². The van der Waals surface area contributed by atoms with Crippen molar-refractivity contribution >= 4 is 23.5 Å². The largest absolute Gasteiger partial charge is 0.326 e. The molecule has 1 aliphatic heterocycles. The number of anilines is 1. The molecule has 1 fully saturated rings. The number of nitrogens with zero attached hydrogens (tertiary/aromatic N) is 1. The third-order valence-electron chi connectivity index (χ3n) is 4.90. The minimum Gasteiger partial charge on any atom is -0.326 e. The molecular formula is C19H25N3O3. The van der Waals surface area contributed by atoms with Gasteiger partial charge in [0.05, 0.1) is 0 Å². The second-order valence-corrected chi connectivity index (χ2v) is 7.31. The van der Waals surface area contributed by atoms with Crippen molar-refractivity contribution in [2.45, 2.75) is 57.9 Å². The van der Waals surface area contributed by atoms with E-state index in [1.54, 1.807) is 13.8 Å². The Labute approximate surface area is 148 Å². The molecule has 0 atom stereocenters. The van der Waals surface area contributed by atoms with Crippen LogP contribution in [0.15, 0.2) is 18.2 Å². The molecule has 6 nitrogen and oxygen atoms in total. The Morgan fingerprint density at radius 3 is 2.72 bits per heavy atom. The number of carbonyl (C=O) groups is 3. The van der Waals surface area contributed by atoms with E-state index in [2.05, 4.69) is 16.7 Å². The van der Waals surface area contributed by atoms with Crippen LogP contribution in [0.1, 0.15) is 50.7 Å². The van der Waals surface area contributed by atoms with Gasteiger partial charge in [-0.05, 0) is 63.1 Å². The molecule has 0 bridgehead atoms. The predicted octanol–water partition coefficient (Wildman–Crippen LogP) is 2.61. The standard InChI is InChI=1S/C19H25N3O3/c1-19(2)17(24)22(18(25)21-19)12-6-11-16(23)20-15-10-5-8-13-7-3-4-9-14(13)15/h5,8,10H,3-4,6-7,9,11-12H2,1-2H3,(H,20,23)(H,21,25). The summed E-state index contributed by atoms with van der Waals surface area (Å²) in [6, 6.07) is 5.67. The first-order valence-corrected chi connectivity index (χ1v) is 8.93. The number of aryl methyl sites for hydroxylation is 1. The molecule has 25 heavy (non-hydrogen) atoms. The van der Waals surface area contributed by atoms with Gasteiger partial charge in [-0.2, -0.15) is 0 Å². The van der Waals surface area contributed by atoms with Crippen LogP contribution in [0.3, 0.4) is 0 Å². The highest BCUT2D eigenvalue weighted by Crippen LogP contribution is 2.28. The maximum Gasteiger partial charge on any atom is 0.325 e. The minimum absolute atomic E-state index is 0.0784. The summed E-state index contributed by atoms with van der Waals surface area (Å²) in [5.74, 6) is -0.319. The monoisotopic (exact) mass is 343 g/mol. The number of hydrogen-bond acceptors (Lipinski definition) is 3. The maximum absolute atomic E-state index is 12.2. The first-order chi connectivity index (χ1) is 11.9. The molecule has 0 unspecified atom stereocenters. The Kier molecular flexibility index (Phi) is 4.79. The quantitative estimate of drug-likeness (QED) is 0.807. The molecule has 0 spiro atoms. The Hall–Kier alpha value is -2.37. The lowest BCUT2D eigenvalue weighted by molar-refractivity contribution is -0.130. The Balaban J connectivity index is 1.53. The molecule has 6 heteroatoms. The van der Waals surface area contributed by atoms with E-state index in [0.717, 1.165) is 24.9 Å². The highest BCUT2D eigenvalue weighted by Gasteiger charge is 2.43. The van der Waals surface area contributed by atoms with Crippen LogP contribution in [-0.4, -0.2) is 34.8 Å². The molecular weight excluding hydrogens is 318 g/mol. The van der Waals surface area contributed by atoms with Gasteiger partial charge < -0.3 is 10.6 Å². The Morgan fingerprint density at radius 2 is 2.00 bits per heavy atom. The van der Waals surface area contributed by atoms with Crippen molar-refractivity contribution in [1.82, 2.24) is 10.2 Å². The first kappa shape index (κ1) is 17.5. The van der Waals surface area contributed by atoms with Crippen molar-refractivity contribution in [2.75, 3.05) is 11.9 Å². The maximum atomic E-state index is 12.2. The molecule has 134 valence electrons.